The highest BCUT2D eigenvalue weighted by atomic mass is 32.2. The van der Waals surface area contributed by atoms with Gasteiger partial charge in [-0.3, -0.25) is 9.36 Å². The smallest absolute Gasteiger partial charge is 0.353 e. The average Bonchev–Trinajstić information content (AvgIpc) is 2.80. The van der Waals surface area contributed by atoms with Crippen LogP contribution >= 0.6 is 11.8 Å². The second-order valence-electron chi connectivity index (χ2n) is 9.28. The molecule has 0 saturated carbocycles. The van der Waals surface area contributed by atoms with Gasteiger partial charge in [0.1, 0.15) is 23.2 Å². The number of carbonyl (C=O) groups is 1. The van der Waals surface area contributed by atoms with E-state index in [1.807, 2.05) is 0 Å². The van der Waals surface area contributed by atoms with Gasteiger partial charge >= 0.3 is 11.9 Å². The number of Topliss-reactive ketones (excluding diaryl/α,β-unsaturated/α-hetero) is 1. The summed E-state index contributed by atoms with van der Waals surface area (Å²) in [5.41, 5.74) is -2.23. The minimum absolute atomic E-state index is 0.114. The van der Waals surface area contributed by atoms with Crippen LogP contribution < -0.4 is 15.9 Å². The molecule has 3 aliphatic rings. The molecule has 1 aromatic heterocycles. The number of thioether (sulfide) groups is 1. The van der Waals surface area contributed by atoms with Crippen molar-refractivity contribution >= 4 is 34.3 Å². The lowest BCUT2D eigenvalue weighted by atomic mass is 9.92. The Hall–Kier alpha value is -2.99. The largest absolute Gasteiger partial charge is 0.417 e. The van der Waals surface area contributed by atoms with Crippen molar-refractivity contribution in [2.45, 2.75) is 42.5 Å². The van der Waals surface area contributed by atoms with Crippen LogP contribution in [0.15, 0.2) is 34.0 Å². The van der Waals surface area contributed by atoms with Gasteiger partial charge in [0.05, 0.1) is 11.1 Å². The molecule has 1 N–H and O–H groups in total. The van der Waals surface area contributed by atoms with Gasteiger partial charge in [0, 0.05) is 77.8 Å². The fourth-order valence-electron chi connectivity index (χ4n) is 5.50. The summed E-state index contributed by atoms with van der Waals surface area (Å²) in [5, 5.41) is 3.48. The van der Waals surface area contributed by atoms with E-state index in [4.69, 9.17) is 0 Å². The first-order chi connectivity index (χ1) is 17.1. The minimum atomic E-state index is -4.86. The maximum absolute atomic E-state index is 14.8. The molecule has 12 heteroatoms. The van der Waals surface area contributed by atoms with Crippen LogP contribution in [-0.2, 0) is 17.5 Å². The summed E-state index contributed by atoms with van der Waals surface area (Å²) in [5.74, 6) is -1.49. The molecule has 2 atom stereocenters. The Morgan fingerprint density at radius 3 is 2.44 bits per heavy atom. The molecule has 3 aromatic rings. The van der Waals surface area contributed by atoms with Crippen LogP contribution in [-0.4, -0.2) is 46.3 Å². The van der Waals surface area contributed by atoms with E-state index in [0.717, 1.165) is 30.0 Å². The van der Waals surface area contributed by atoms with Gasteiger partial charge in [-0.25, -0.2) is 13.6 Å². The number of piperidine rings is 1. The van der Waals surface area contributed by atoms with Crippen molar-refractivity contribution in [3.05, 3.63) is 51.9 Å². The molecular formula is C24H19F5N4O2S. The van der Waals surface area contributed by atoms with Gasteiger partial charge in [0.2, 0.25) is 0 Å². The number of hydrogen-bond acceptors (Lipinski definition) is 6. The van der Waals surface area contributed by atoms with E-state index in [1.54, 1.807) is 4.90 Å². The summed E-state index contributed by atoms with van der Waals surface area (Å²) in [6, 6.07) is 2.98. The molecule has 2 unspecified atom stereocenters. The molecule has 0 spiro atoms. The van der Waals surface area contributed by atoms with Crippen LogP contribution in [0.4, 0.5) is 27.8 Å². The van der Waals surface area contributed by atoms with Gasteiger partial charge in [-0.05, 0) is 18.2 Å². The van der Waals surface area contributed by atoms with Crippen molar-refractivity contribution < 1.29 is 26.7 Å². The fourth-order valence-corrected chi connectivity index (χ4v) is 6.70. The van der Waals surface area contributed by atoms with Crippen LogP contribution in [0.5, 0.6) is 0 Å². The van der Waals surface area contributed by atoms with Gasteiger partial charge in [-0.1, -0.05) is 0 Å². The number of anilines is 1. The van der Waals surface area contributed by atoms with E-state index in [9.17, 15) is 31.5 Å². The number of fused-ring (bicyclic) bond motifs is 2. The predicted molar refractivity (Wildman–Crippen MR) is 124 cm³/mol. The molecular weight excluding hydrogens is 503 g/mol. The SMILES string of the molecule is O=C1CC2CN(c3nc(=O)n4c5c(c(-c6ccc(F)cc6F)c(C(F)(F)F)cc35)SCC4)CC(C1)N2. The minimum Gasteiger partial charge on any atom is -0.353 e. The molecule has 0 amide bonds. The number of aryl methyl sites for hydroxylation is 1. The highest BCUT2D eigenvalue weighted by molar-refractivity contribution is 7.99. The molecule has 2 aromatic carbocycles. The molecule has 188 valence electrons. The van der Waals surface area contributed by atoms with Crippen molar-refractivity contribution in [2.24, 2.45) is 0 Å². The Balaban J connectivity index is 1.64. The first-order valence-corrected chi connectivity index (χ1v) is 12.4. The first-order valence-electron chi connectivity index (χ1n) is 11.4. The number of rotatable bonds is 2. The zero-order chi connectivity index (χ0) is 25.4. The quantitative estimate of drug-likeness (QED) is 0.514. The Morgan fingerprint density at radius 2 is 1.78 bits per heavy atom. The van der Waals surface area contributed by atoms with Crippen LogP contribution in [0.1, 0.15) is 18.4 Å². The highest BCUT2D eigenvalue weighted by Gasteiger charge is 2.40. The lowest BCUT2D eigenvalue weighted by molar-refractivity contribution is -0.137. The molecule has 0 aliphatic carbocycles. The number of aromatic nitrogens is 2. The number of nitrogens with zero attached hydrogens (tertiary/aromatic N) is 3. The van der Waals surface area contributed by atoms with Crippen molar-refractivity contribution in [1.82, 2.24) is 14.9 Å². The Labute approximate surface area is 205 Å². The Bertz CT molecular complexity index is 1470. The molecule has 4 heterocycles. The molecule has 6 nitrogen and oxygen atoms in total. The van der Waals surface area contributed by atoms with Crippen molar-refractivity contribution in [3.8, 4) is 11.1 Å². The molecule has 2 saturated heterocycles. The molecule has 6 rings (SSSR count). The maximum atomic E-state index is 14.8. The number of hydrogen-bond donors (Lipinski definition) is 1. The number of benzene rings is 2. The monoisotopic (exact) mass is 522 g/mol. The van der Waals surface area contributed by atoms with Gasteiger partial charge < -0.3 is 10.2 Å². The number of ketones is 1. The van der Waals surface area contributed by atoms with Crippen molar-refractivity contribution in [2.75, 3.05) is 23.7 Å². The lowest BCUT2D eigenvalue weighted by Gasteiger charge is -2.42. The topological polar surface area (TPSA) is 67.2 Å². The van der Waals surface area contributed by atoms with E-state index in [-0.39, 0.29) is 51.6 Å². The second kappa shape index (κ2) is 8.27. The molecule has 0 radical (unpaired) electrons. The van der Waals surface area contributed by atoms with E-state index in [2.05, 4.69) is 10.3 Å². The Morgan fingerprint density at radius 1 is 1.06 bits per heavy atom. The third-order valence-electron chi connectivity index (χ3n) is 6.87. The fraction of sp³-hybridized carbons (Fsp3) is 0.375. The van der Waals surface area contributed by atoms with Gasteiger partial charge in [-0.2, -0.15) is 18.2 Å². The van der Waals surface area contributed by atoms with Crippen LogP contribution in [0, 0.1) is 11.6 Å². The van der Waals surface area contributed by atoms with Crippen molar-refractivity contribution in [3.63, 3.8) is 0 Å². The third kappa shape index (κ3) is 3.78. The summed E-state index contributed by atoms with van der Waals surface area (Å²) in [4.78, 5) is 31.1. The number of nitrogens with one attached hydrogen (secondary N) is 1. The third-order valence-corrected chi connectivity index (χ3v) is 7.94. The van der Waals surface area contributed by atoms with E-state index in [0.29, 0.717) is 37.8 Å². The number of alkyl halides is 3. The zero-order valence-electron chi connectivity index (χ0n) is 18.7. The van der Waals surface area contributed by atoms with E-state index in [1.165, 1.54) is 4.57 Å². The van der Waals surface area contributed by atoms with Crippen LogP contribution in [0.2, 0.25) is 0 Å². The standard InChI is InChI=1S/C24H19F5N4O2S/c25-11-1-2-15(18(26)5-11)19-17(24(27,28)29)8-16-20-21(19)36-4-3-33(20)23(35)31-22(16)32-9-12-6-14(34)7-13(10-32)30-12/h1-2,5,8,12-13,30H,3-4,6-7,9-10H2. The van der Waals surface area contributed by atoms with E-state index >= 15 is 0 Å². The van der Waals surface area contributed by atoms with E-state index < -0.39 is 34.6 Å². The summed E-state index contributed by atoms with van der Waals surface area (Å²) in [6.45, 7) is 0.857. The number of halogens is 5. The van der Waals surface area contributed by atoms with Crippen LogP contribution in [0.3, 0.4) is 0 Å². The number of piperazine rings is 1. The second-order valence-corrected chi connectivity index (χ2v) is 10.4. The van der Waals surface area contributed by atoms with Crippen LogP contribution in [0.25, 0.3) is 22.0 Å². The van der Waals surface area contributed by atoms with Gasteiger partial charge in [0.15, 0.2) is 0 Å². The van der Waals surface area contributed by atoms with Crippen molar-refractivity contribution in [1.29, 1.82) is 0 Å². The summed E-state index contributed by atoms with van der Waals surface area (Å²) in [6.07, 6.45) is -4.26. The molecule has 2 fully saturated rings. The van der Waals surface area contributed by atoms with Gasteiger partial charge in [-0.15, -0.1) is 11.8 Å². The molecule has 2 bridgehead atoms. The average molecular weight is 522 g/mol. The predicted octanol–water partition coefficient (Wildman–Crippen LogP) is 3.98. The normalized spacial score (nSPS) is 21.8. The summed E-state index contributed by atoms with van der Waals surface area (Å²) < 4.78 is 73.0. The Kier molecular flexibility index (Phi) is 5.38. The summed E-state index contributed by atoms with van der Waals surface area (Å²) >= 11 is 1.10. The lowest BCUT2D eigenvalue weighted by Crippen LogP contribution is -2.61. The van der Waals surface area contributed by atoms with Gasteiger partial charge in [0.25, 0.3) is 0 Å². The molecule has 3 aliphatic heterocycles. The number of carbonyl (C=O) groups excluding carboxylic acids is 1. The zero-order valence-corrected chi connectivity index (χ0v) is 19.5. The summed E-state index contributed by atoms with van der Waals surface area (Å²) in [7, 11) is 0. The first kappa shape index (κ1) is 23.4. The highest BCUT2D eigenvalue weighted by Crippen LogP contribution is 2.49. The maximum Gasteiger partial charge on any atom is 0.417 e. The molecule has 36 heavy (non-hydrogen) atoms.